The maximum Gasteiger partial charge on any atom is 0.312 e. The Balaban J connectivity index is 1.46. The van der Waals surface area contributed by atoms with Crippen LogP contribution in [0.3, 0.4) is 0 Å². The maximum absolute atomic E-state index is 14.9. The summed E-state index contributed by atoms with van der Waals surface area (Å²) in [5, 5.41) is 12.5. The molecule has 3 heterocycles. The molecule has 0 saturated carbocycles. The van der Waals surface area contributed by atoms with Gasteiger partial charge in [-0.3, -0.25) is 0 Å². The van der Waals surface area contributed by atoms with Gasteiger partial charge < -0.3 is 9.80 Å². The average Bonchev–Trinajstić information content (AvgIpc) is 3.17. The Morgan fingerprint density at radius 1 is 1.04 bits per heavy atom. The predicted octanol–water partition coefficient (Wildman–Crippen LogP) is 3.86. The summed E-state index contributed by atoms with van der Waals surface area (Å²) >= 11 is 11.7. The number of hydrogen-bond donors (Lipinski definition) is 0. The minimum Gasteiger partial charge on any atom is -0.367 e. The zero-order chi connectivity index (χ0) is 19.9. The fourth-order valence-corrected chi connectivity index (χ4v) is 3.45. The van der Waals surface area contributed by atoms with E-state index in [0.29, 0.717) is 31.8 Å². The number of aromatic nitrogens is 4. The molecule has 10 heteroatoms. The first kappa shape index (κ1) is 18.9. The molecule has 28 heavy (non-hydrogen) atoms. The van der Waals surface area contributed by atoms with Gasteiger partial charge in [-0.1, -0.05) is 35.8 Å². The highest BCUT2D eigenvalue weighted by molar-refractivity contribution is 6.42. The smallest absolute Gasteiger partial charge is 0.312 e. The van der Waals surface area contributed by atoms with Gasteiger partial charge in [0.15, 0.2) is 5.65 Å². The largest absolute Gasteiger partial charge is 0.367 e. The van der Waals surface area contributed by atoms with Gasteiger partial charge in [0.25, 0.3) is 0 Å². The molecule has 0 amide bonds. The van der Waals surface area contributed by atoms with E-state index in [9.17, 15) is 8.78 Å². The number of piperazine rings is 1. The molecule has 0 aliphatic carbocycles. The first-order chi connectivity index (χ1) is 13.4. The van der Waals surface area contributed by atoms with Crippen LogP contribution in [0.5, 0.6) is 0 Å². The molecule has 1 aliphatic heterocycles. The minimum atomic E-state index is -3.24. The summed E-state index contributed by atoms with van der Waals surface area (Å²) in [5.74, 6) is -2.50. The van der Waals surface area contributed by atoms with E-state index in [-0.39, 0.29) is 21.3 Å². The molecular formula is C18H16Cl2F2N6. The molecule has 0 unspecified atom stereocenters. The van der Waals surface area contributed by atoms with Gasteiger partial charge in [-0.25, -0.2) is 0 Å². The van der Waals surface area contributed by atoms with Crippen molar-refractivity contribution in [3.63, 3.8) is 0 Å². The van der Waals surface area contributed by atoms with Gasteiger partial charge in [0.2, 0.25) is 0 Å². The first-order valence-electron chi connectivity index (χ1n) is 8.56. The molecule has 146 valence electrons. The van der Waals surface area contributed by atoms with Gasteiger partial charge in [0.05, 0.1) is 15.7 Å². The van der Waals surface area contributed by atoms with Crippen molar-refractivity contribution in [2.45, 2.75) is 5.92 Å². The lowest BCUT2D eigenvalue weighted by molar-refractivity contribution is 0.00577. The monoisotopic (exact) mass is 424 g/mol. The Hall–Kier alpha value is -2.45. The molecule has 0 bridgehead atoms. The van der Waals surface area contributed by atoms with Crippen LogP contribution in [0.25, 0.3) is 5.65 Å². The number of anilines is 1. The summed E-state index contributed by atoms with van der Waals surface area (Å²) in [5.41, 5.74) is 0.166. The van der Waals surface area contributed by atoms with Crippen molar-refractivity contribution in [3.05, 3.63) is 64.5 Å². The molecule has 4 rings (SSSR count). The lowest BCUT2D eigenvalue weighted by Gasteiger charge is -2.39. The molecule has 1 saturated heterocycles. The van der Waals surface area contributed by atoms with Crippen LogP contribution in [-0.2, 0) is 5.92 Å². The van der Waals surface area contributed by atoms with Crippen LogP contribution in [0.4, 0.5) is 14.6 Å². The van der Waals surface area contributed by atoms with Crippen molar-refractivity contribution in [1.29, 1.82) is 0 Å². The first-order valence-corrected chi connectivity index (χ1v) is 9.31. The van der Waals surface area contributed by atoms with Gasteiger partial charge in [0.1, 0.15) is 12.1 Å². The molecule has 1 aliphatic rings. The van der Waals surface area contributed by atoms with Crippen LogP contribution >= 0.6 is 23.2 Å². The highest BCUT2D eigenvalue weighted by Crippen LogP contribution is 2.39. The second kappa shape index (κ2) is 7.18. The fraction of sp³-hybridized carbons (Fsp3) is 0.278. The van der Waals surface area contributed by atoms with Gasteiger partial charge in [-0.15, -0.1) is 15.3 Å². The summed E-state index contributed by atoms with van der Waals surface area (Å²) in [6.07, 6.45) is 1.52. The lowest BCUT2D eigenvalue weighted by atomic mass is 10.0. The second-order valence-corrected chi connectivity index (χ2v) is 7.26. The summed E-state index contributed by atoms with van der Waals surface area (Å²) in [7, 11) is 0. The van der Waals surface area contributed by atoms with E-state index in [1.807, 2.05) is 17.0 Å². The number of hydrogen-bond acceptors (Lipinski definition) is 5. The number of rotatable bonds is 4. The Kier molecular flexibility index (Phi) is 4.84. The second-order valence-electron chi connectivity index (χ2n) is 6.45. The Morgan fingerprint density at radius 3 is 2.50 bits per heavy atom. The van der Waals surface area contributed by atoms with Gasteiger partial charge in [-0.05, 0) is 24.3 Å². The molecule has 0 radical (unpaired) electrons. The van der Waals surface area contributed by atoms with E-state index in [4.69, 9.17) is 23.2 Å². The highest BCUT2D eigenvalue weighted by atomic mass is 35.5. The van der Waals surface area contributed by atoms with E-state index >= 15 is 0 Å². The third-order valence-corrected chi connectivity index (χ3v) is 5.52. The number of halogens is 4. The van der Waals surface area contributed by atoms with Crippen LogP contribution in [0.1, 0.15) is 5.56 Å². The molecule has 1 aromatic carbocycles. The molecule has 1 fully saturated rings. The standard InChI is InChI=1S/C18H16Cl2F2N6/c1-12(18(21,22)13-2-3-14(19)15(20)10-13)26-6-8-27(9-7-26)17-5-4-16-24-23-11-28(16)25-17/h2-5,10-11H,1,6-9H2. The highest BCUT2D eigenvalue weighted by Gasteiger charge is 2.39. The quantitative estimate of drug-likeness (QED) is 0.636. The topological polar surface area (TPSA) is 49.6 Å². The van der Waals surface area contributed by atoms with Crippen LogP contribution in [0, 0.1) is 0 Å². The third-order valence-electron chi connectivity index (χ3n) is 4.78. The van der Waals surface area contributed by atoms with E-state index in [1.54, 1.807) is 9.42 Å². The molecule has 0 N–H and O–H groups in total. The van der Waals surface area contributed by atoms with Crippen LogP contribution in [0.15, 0.2) is 48.9 Å². The maximum atomic E-state index is 14.9. The molecule has 6 nitrogen and oxygen atoms in total. The van der Waals surface area contributed by atoms with Crippen molar-refractivity contribution in [2.24, 2.45) is 0 Å². The summed E-state index contributed by atoms with van der Waals surface area (Å²) in [4.78, 5) is 3.62. The van der Waals surface area contributed by atoms with Gasteiger partial charge in [0, 0.05) is 31.7 Å². The van der Waals surface area contributed by atoms with Crippen molar-refractivity contribution in [3.8, 4) is 0 Å². The van der Waals surface area contributed by atoms with Crippen molar-refractivity contribution in [2.75, 3.05) is 31.1 Å². The zero-order valence-electron chi connectivity index (χ0n) is 14.7. The fourth-order valence-electron chi connectivity index (χ4n) is 3.15. The van der Waals surface area contributed by atoms with Crippen molar-refractivity contribution >= 4 is 34.7 Å². The average molecular weight is 425 g/mol. The third kappa shape index (κ3) is 3.38. The van der Waals surface area contributed by atoms with Crippen LogP contribution in [0.2, 0.25) is 10.0 Å². The van der Waals surface area contributed by atoms with Crippen molar-refractivity contribution < 1.29 is 8.78 Å². The van der Waals surface area contributed by atoms with Crippen LogP contribution in [-0.4, -0.2) is 50.9 Å². The molecule has 2 aromatic heterocycles. The summed E-state index contributed by atoms with van der Waals surface area (Å²) in [6.45, 7) is 5.53. The summed E-state index contributed by atoms with van der Waals surface area (Å²) in [6, 6.07) is 7.49. The number of fused-ring (bicyclic) bond motifs is 1. The number of nitrogens with zero attached hydrogens (tertiary/aromatic N) is 6. The Labute approximate surface area is 170 Å². The SMILES string of the molecule is C=C(N1CCN(c2ccc3nncn3n2)CC1)C(F)(F)c1ccc(Cl)c(Cl)c1. The van der Waals surface area contributed by atoms with Crippen LogP contribution < -0.4 is 4.90 Å². The molecule has 0 spiro atoms. The lowest BCUT2D eigenvalue weighted by Crippen LogP contribution is -2.48. The van der Waals surface area contributed by atoms with E-state index in [2.05, 4.69) is 21.9 Å². The Morgan fingerprint density at radius 2 is 1.79 bits per heavy atom. The molecule has 0 atom stereocenters. The molecule has 3 aromatic rings. The number of allylic oxidation sites excluding steroid dienone is 1. The van der Waals surface area contributed by atoms with Gasteiger partial charge >= 0.3 is 5.92 Å². The zero-order valence-corrected chi connectivity index (χ0v) is 16.2. The number of alkyl halides is 2. The van der Waals surface area contributed by atoms with Gasteiger partial charge in [-0.2, -0.15) is 13.3 Å². The normalized spacial score (nSPS) is 15.3. The number of benzene rings is 1. The van der Waals surface area contributed by atoms with E-state index in [1.165, 1.54) is 24.5 Å². The van der Waals surface area contributed by atoms with E-state index in [0.717, 1.165) is 5.82 Å². The van der Waals surface area contributed by atoms with E-state index < -0.39 is 5.92 Å². The summed E-state index contributed by atoms with van der Waals surface area (Å²) < 4.78 is 31.4. The predicted molar refractivity (Wildman–Crippen MR) is 104 cm³/mol. The molecular weight excluding hydrogens is 409 g/mol. The van der Waals surface area contributed by atoms with Crippen molar-refractivity contribution in [1.82, 2.24) is 24.7 Å². The minimum absolute atomic E-state index is 0.0897. The Bertz CT molecular complexity index is 1030.